The van der Waals surface area contributed by atoms with Crippen LogP contribution in [0.2, 0.25) is 0 Å². The standard InChI is InChI=1S/C13H25NO3/c1-12(2)6-4-10(5-7-12)17-11(15)8-13(3,16)9-14/h10,16H,4-9,14H2,1-3H3. The van der Waals surface area contributed by atoms with Crippen LogP contribution in [0.5, 0.6) is 0 Å². The zero-order chi connectivity index (χ0) is 13.1. The lowest BCUT2D eigenvalue weighted by atomic mass is 9.76. The van der Waals surface area contributed by atoms with Crippen molar-refractivity contribution < 1.29 is 14.6 Å². The number of hydrogen-bond donors (Lipinski definition) is 2. The Hall–Kier alpha value is -0.610. The van der Waals surface area contributed by atoms with Crippen molar-refractivity contribution in [2.45, 2.75) is 64.6 Å². The molecule has 1 aliphatic rings. The molecule has 1 unspecified atom stereocenters. The molecule has 4 heteroatoms. The quantitative estimate of drug-likeness (QED) is 0.736. The number of esters is 1. The van der Waals surface area contributed by atoms with Crippen LogP contribution >= 0.6 is 0 Å². The molecule has 1 saturated carbocycles. The first-order valence-corrected chi connectivity index (χ1v) is 6.36. The van der Waals surface area contributed by atoms with Gasteiger partial charge in [0.25, 0.3) is 0 Å². The Balaban J connectivity index is 2.33. The second-order valence-corrected chi connectivity index (χ2v) is 6.23. The van der Waals surface area contributed by atoms with E-state index in [0.29, 0.717) is 5.41 Å². The molecule has 0 aromatic carbocycles. The predicted octanol–water partition coefficient (Wildman–Crippen LogP) is 1.60. The summed E-state index contributed by atoms with van der Waals surface area (Å²) in [5.74, 6) is -0.342. The van der Waals surface area contributed by atoms with E-state index < -0.39 is 5.60 Å². The summed E-state index contributed by atoms with van der Waals surface area (Å²) in [5, 5.41) is 9.68. The normalized spacial score (nSPS) is 24.1. The first-order valence-electron chi connectivity index (χ1n) is 6.36. The second kappa shape index (κ2) is 5.36. The van der Waals surface area contributed by atoms with Crippen molar-refractivity contribution in [3.05, 3.63) is 0 Å². The summed E-state index contributed by atoms with van der Waals surface area (Å²) in [4.78, 5) is 11.6. The molecular formula is C13H25NO3. The van der Waals surface area contributed by atoms with Crippen LogP contribution < -0.4 is 5.73 Å². The van der Waals surface area contributed by atoms with Crippen LogP contribution in [0.25, 0.3) is 0 Å². The number of carbonyl (C=O) groups excluding carboxylic acids is 1. The smallest absolute Gasteiger partial charge is 0.309 e. The second-order valence-electron chi connectivity index (χ2n) is 6.23. The molecule has 0 radical (unpaired) electrons. The van der Waals surface area contributed by atoms with Crippen LogP contribution in [0, 0.1) is 5.41 Å². The number of nitrogens with two attached hydrogens (primary N) is 1. The number of carbonyl (C=O) groups is 1. The molecule has 4 nitrogen and oxygen atoms in total. The van der Waals surface area contributed by atoms with Gasteiger partial charge in [-0.25, -0.2) is 0 Å². The summed E-state index contributed by atoms with van der Waals surface area (Å²) in [6.07, 6.45) is 4.00. The van der Waals surface area contributed by atoms with Gasteiger partial charge in [0.05, 0.1) is 12.0 Å². The molecule has 0 aliphatic heterocycles. The minimum Gasteiger partial charge on any atom is -0.462 e. The van der Waals surface area contributed by atoms with Gasteiger partial charge in [0.15, 0.2) is 0 Å². The van der Waals surface area contributed by atoms with E-state index in [9.17, 15) is 9.90 Å². The topological polar surface area (TPSA) is 72.5 Å². The highest BCUT2D eigenvalue weighted by Gasteiger charge is 2.30. The fraction of sp³-hybridized carbons (Fsp3) is 0.923. The Kier molecular flexibility index (Phi) is 4.55. The van der Waals surface area contributed by atoms with Crippen LogP contribution in [-0.4, -0.2) is 29.3 Å². The van der Waals surface area contributed by atoms with E-state index in [1.54, 1.807) is 6.92 Å². The first kappa shape index (κ1) is 14.5. The van der Waals surface area contributed by atoms with Crippen molar-refractivity contribution in [3.63, 3.8) is 0 Å². The molecule has 100 valence electrons. The summed E-state index contributed by atoms with van der Waals surface area (Å²) in [7, 11) is 0. The molecular weight excluding hydrogens is 218 g/mol. The van der Waals surface area contributed by atoms with Crippen molar-refractivity contribution in [2.24, 2.45) is 11.1 Å². The average Bonchev–Trinajstić information content (AvgIpc) is 2.20. The Morgan fingerprint density at radius 2 is 2.00 bits per heavy atom. The summed E-state index contributed by atoms with van der Waals surface area (Å²) < 4.78 is 5.37. The van der Waals surface area contributed by atoms with Crippen LogP contribution in [0.3, 0.4) is 0 Å². The lowest BCUT2D eigenvalue weighted by molar-refractivity contribution is -0.156. The molecule has 1 aliphatic carbocycles. The largest absolute Gasteiger partial charge is 0.462 e. The van der Waals surface area contributed by atoms with E-state index >= 15 is 0 Å². The lowest BCUT2D eigenvalue weighted by Crippen LogP contribution is -2.38. The summed E-state index contributed by atoms with van der Waals surface area (Å²) >= 11 is 0. The third-order valence-electron chi connectivity index (χ3n) is 3.55. The summed E-state index contributed by atoms with van der Waals surface area (Å²) in [6.45, 7) is 6.10. The Bertz CT molecular complexity index is 264. The van der Waals surface area contributed by atoms with Gasteiger partial charge in [-0.15, -0.1) is 0 Å². The SMILES string of the molecule is CC1(C)CCC(OC(=O)CC(C)(O)CN)CC1. The maximum atomic E-state index is 11.6. The minimum absolute atomic E-state index is 0.0177. The molecule has 0 saturated heterocycles. The van der Waals surface area contributed by atoms with E-state index in [4.69, 9.17) is 10.5 Å². The molecule has 0 aromatic heterocycles. The maximum absolute atomic E-state index is 11.6. The van der Waals surface area contributed by atoms with Gasteiger partial charge in [-0.2, -0.15) is 0 Å². The number of rotatable bonds is 4. The third kappa shape index (κ3) is 5.04. The Labute approximate surface area is 104 Å². The zero-order valence-corrected chi connectivity index (χ0v) is 11.2. The number of hydrogen-bond acceptors (Lipinski definition) is 4. The van der Waals surface area contributed by atoms with Gasteiger partial charge in [0.2, 0.25) is 0 Å². The van der Waals surface area contributed by atoms with Gasteiger partial charge >= 0.3 is 5.97 Å². The van der Waals surface area contributed by atoms with Gasteiger partial charge in [-0.1, -0.05) is 13.8 Å². The third-order valence-corrected chi connectivity index (χ3v) is 3.55. The van der Waals surface area contributed by atoms with E-state index in [1.807, 2.05) is 0 Å². The van der Waals surface area contributed by atoms with Gasteiger partial charge < -0.3 is 15.6 Å². The van der Waals surface area contributed by atoms with Crippen LogP contribution in [0.15, 0.2) is 0 Å². The van der Waals surface area contributed by atoms with Crippen LogP contribution in [0.4, 0.5) is 0 Å². The molecule has 1 atom stereocenters. The highest BCUT2D eigenvalue weighted by atomic mass is 16.5. The molecule has 0 aromatic rings. The molecule has 0 spiro atoms. The molecule has 1 fully saturated rings. The molecule has 17 heavy (non-hydrogen) atoms. The Morgan fingerprint density at radius 3 is 2.47 bits per heavy atom. The van der Waals surface area contributed by atoms with Crippen LogP contribution in [-0.2, 0) is 9.53 Å². The molecule has 0 bridgehead atoms. The monoisotopic (exact) mass is 243 g/mol. The van der Waals surface area contributed by atoms with E-state index in [2.05, 4.69) is 13.8 Å². The number of ether oxygens (including phenoxy) is 1. The first-order chi connectivity index (χ1) is 7.74. The fourth-order valence-electron chi connectivity index (χ4n) is 2.10. The molecule has 1 rings (SSSR count). The van der Waals surface area contributed by atoms with Gasteiger partial charge in [0, 0.05) is 6.54 Å². The zero-order valence-electron chi connectivity index (χ0n) is 11.2. The minimum atomic E-state index is -1.15. The van der Waals surface area contributed by atoms with Gasteiger partial charge in [-0.05, 0) is 38.0 Å². The lowest BCUT2D eigenvalue weighted by Gasteiger charge is -2.34. The van der Waals surface area contributed by atoms with Crippen molar-refractivity contribution in [1.82, 2.24) is 0 Å². The predicted molar refractivity (Wildman–Crippen MR) is 66.4 cm³/mol. The van der Waals surface area contributed by atoms with Gasteiger partial charge in [-0.3, -0.25) is 4.79 Å². The van der Waals surface area contributed by atoms with E-state index in [0.717, 1.165) is 25.7 Å². The maximum Gasteiger partial charge on any atom is 0.309 e. The van der Waals surface area contributed by atoms with Crippen molar-refractivity contribution in [1.29, 1.82) is 0 Å². The van der Waals surface area contributed by atoms with Crippen molar-refractivity contribution in [2.75, 3.05) is 6.54 Å². The molecule has 3 N–H and O–H groups in total. The fourth-order valence-corrected chi connectivity index (χ4v) is 2.10. The molecule has 0 heterocycles. The van der Waals surface area contributed by atoms with E-state index in [-0.39, 0.29) is 25.0 Å². The average molecular weight is 243 g/mol. The van der Waals surface area contributed by atoms with Gasteiger partial charge in [0.1, 0.15) is 6.10 Å². The van der Waals surface area contributed by atoms with Crippen molar-refractivity contribution in [3.8, 4) is 0 Å². The highest BCUT2D eigenvalue weighted by Crippen LogP contribution is 2.36. The highest BCUT2D eigenvalue weighted by molar-refractivity contribution is 5.70. The Morgan fingerprint density at radius 1 is 1.47 bits per heavy atom. The van der Waals surface area contributed by atoms with E-state index in [1.165, 1.54) is 0 Å². The molecule has 0 amide bonds. The van der Waals surface area contributed by atoms with Crippen molar-refractivity contribution >= 4 is 5.97 Å². The van der Waals surface area contributed by atoms with Crippen LogP contribution in [0.1, 0.15) is 52.9 Å². The summed E-state index contributed by atoms with van der Waals surface area (Å²) in [6, 6.07) is 0. The number of aliphatic hydroxyl groups is 1. The summed E-state index contributed by atoms with van der Waals surface area (Å²) in [5.41, 5.74) is 4.58.